The summed E-state index contributed by atoms with van der Waals surface area (Å²) in [7, 11) is 0. The molecular weight excluding hydrogens is 386 g/mol. The van der Waals surface area contributed by atoms with Crippen LogP contribution in [0.15, 0.2) is 12.1 Å². The van der Waals surface area contributed by atoms with E-state index in [4.69, 9.17) is 11.6 Å². The molecule has 3 aromatic rings. The average molecular weight is 408 g/mol. The number of nitrogens with one attached hydrogen (secondary N) is 2. The number of anilines is 2. The maximum atomic E-state index is 10.1. The zero-order chi connectivity index (χ0) is 20.4. The second-order valence-electron chi connectivity index (χ2n) is 6.70. The van der Waals surface area contributed by atoms with Crippen LogP contribution in [0.1, 0.15) is 32.4 Å². The van der Waals surface area contributed by atoms with E-state index in [1.807, 2.05) is 13.8 Å². The number of fused-ring (bicyclic) bond motifs is 1. The van der Waals surface area contributed by atoms with Crippen molar-refractivity contribution >= 4 is 34.5 Å². The molecule has 1 aromatic carbocycles. The maximum Gasteiger partial charge on any atom is 0.226 e. The lowest BCUT2D eigenvalue weighted by molar-refractivity contribution is 0.208. The van der Waals surface area contributed by atoms with Gasteiger partial charge in [0.25, 0.3) is 0 Å². The monoisotopic (exact) mass is 407 g/mol. The number of hydrogen-bond acceptors (Lipinski definition) is 9. The van der Waals surface area contributed by atoms with Gasteiger partial charge in [-0.3, -0.25) is 0 Å². The SMILES string of the molecule is CC(O)CNc1nc(NCc2c(O)cc(Cl)cc2O)c2nnn(C(C)C)c2n1. The molecule has 5 N–H and O–H groups in total. The van der Waals surface area contributed by atoms with Crippen molar-refractivity contribution in [1.82, 2.24) is 25.0 Å². The molecule has 0 saturated carbocycles. The highest BCUT2D eigenvalue weighted by molar-refractivity contribution is 6.30. The molecule has 3 rings (SSSR count). The molecule has 0 fully saturated rings. The van der Waals surface area contributed by atoms with Gasteiger partial charge in [0.2, 0.25) is 5.95 Å². The fraction of sp³-hybridized carbons (Fsp3) is 0.412. The summed E-state index contributed by atoms with van der Waals surface area (Å²) >= 11 is 5.82. The summed E-state index contributed by atoms with van der Waals surface area (Å²) in [6.07, 6.45) is -0.577. The summed E-state index contributed by atoms with van der Waals surface area (Å²) < 4.78 is 1.66. The average Bonchev–Trinajstić information content (AvgIpc) is 3.03. The van der Waals surface area contributed by atoms with E-state index in [1.165, 1.54) is 12.1 Å². The number of halogens is 1. The Morgan fingerprint density at radius 2 is 1.79 bits per heavy atom. The fourth-order valence-corrected chi connectivity index (χ4v) is 2.79. The predicted octanol–water partition coefficient (Wildman–Crippen LogP) is 2.27. The zero-order valence-electron chi connectivity index (χ0n) is 15.7. The Morgan fingerprint density at radius 1 is 1.11 bits per heavy atom. The summed E-state index contributed by atoms with van der Waals surface area (Å²) in [6, 6.07) is 2.72. The van der Waals surface area contributed by atoms with Crippen LogP contribution in [-0.4, -0.2) is 52.9 Å². The molecule has 0 saturated heterocycles. The van der Waals surface area contributed by atoms with Crippen molar-refractivity contribution in [3.63, 3.8) is 0 Å². The van der Waals surface area contributed by atoms with Gasteiger partial charge in [-0.15, -0.1) is 5.10 Å². The Hall–Kier alpha value is -2.85. The smallest absolute Gasteiger partial charge is 0.226 e. The molecule has 10 nitrogen and oxygen atoms in total. The van der Waals surface area contributed by atoms with Gasteiger partial charge in [-0.1, -0.05) is 16.8 Å². The molecule has 2 aromatic heterocycles. The highest BCUT2D eigenvalue weighted by Gasteiger charge is 2.18. The first-order valence-electron chi connectivity index (χ1n) is 8.75. The van der Waals surface area contributed by atoms with Crippen LogP contribution in [0.2, 0.25) is 5.02 Å². The molecule has 150 valence electrons. The Labute approximate surface area is 166 Å². The molecule has 0 bridgehead atoms. The van der Waals surface area contributed by atoms with Gasteiger partial charge in [-0.05, 0) is 32.9 Å². The minimum absolute atomic E-state index is 0.0294. The van der Waals surface area contributed by atoms with Crippen molar-refractivity contribution in [3.8, 4) is 11.5 Å². The summed E-state index contributed by atoms with van der Waals surface area (Å²) in [5.74, 6) is 0.394. The Morgan fingerprint density at radius 3 is 2.39 bits per heavy atom. The lowest BCUT2D eigenvalue weighted by atomic mass is 10.1. The Bertz CT molecular complexity index is 967. The van der Waals surface area contributed by atoms with Gasteiger partial charge < -0.3 is 26.0 Å². The molecule has 2 heterocycles. The third-order valence-electron chi connectivity index (χ3n) is 3.97. The number of phenols is 2. The topological polar surface area (TPSA) is 141 Å². The molecule has 0 spiro atoms. The Kier molecular flexibility index (Phi) is 5.71. The first-order chi connectivity index (χ1) is 13.3. The van der Waals surface area contributed by atoms with Crippen LogP contribution in [-0.2, 0) is 6.54 Å². The molecule has 11 heteroatoms. The number of aliphatic hydroxyl groups excluding tert-OH is 1. The number of benzene rings is 1. The molecule has 28 heavy (non-hydrogen) atoms. The summed E-state index contributed by atoms with van der Waals surface area (Å²) in [4.78, 5) is 8.83. The van der Waals surface area contributed by atoms with E-state index >= 15 is 0 Å². The van der Waals surface area contributed by atoms with Crippen LogP contribution in [0.4, 0.5) is 11.8 Å². The van der Waals surface area contributed by atoms with E-state index in [-0.39, 0.29) is 41.2 Å². The lowest BCUT2D eigenvalue weighted by Gasteiger charge is -2.13. The quantitative estimate of drug-likeness (QED) is 0.398. The van der Waals surface area contributed by atoms with Crippen LogP contribution in [0.3, 0.4) is 0 Å². The number of phenolic OH excluding ortho intramolecular Hbond substituents is 2. The van der Waals surface area contributed by atoms with Crippen molar-refractivity contribution in [2.24, 2.45) is 0 Å². The maximum absolute atomic E-state index is 10.1. The summed E-state index contributed by atoms with van der Waals surface area (Å²) in [5, 5.41) is 44.1. The normalized spacial score (nSPS) is 12.5. The van der Waals surface area contributed by atoms with Gasteiger partial charge in [0.15, 0.2) is 17.0 Å². The third-order valence-corrected chi connectivity index (χ3v) is 4.19. The van der Waals surface area contributed by atoms with E-state index in [0.717, 1.165) is 0 Å². The second-order valence-corrected chi connectivity index (χ2v) is 7.14. The van der Waals surface area contributed by atoms with Gasteiger partial charge in [0.1, 0.15) is 11.5 Å². The van der Waals surface area contributed by atoms with Gasteiger partial charge in [-0.2, -0.15) is 9.97 Å². The number of aliphatic hydroxyl groups is 1. The van der Waals surface area contributed by atoms with Crippen molar-refractivity contribution in [3.05, 3.63) is 22.7 Å². The molecule has 0 aliphatic rings. The van der Waals surface area contributed by atoms with Gasteiger partial charge in [-0.25, -0.2) is 4.68 Å². The first kappa shape index (κ1) is 19.9. The lowest BCUT2D eigenvalue weighted by Crippen LogP contribution is -2.18. The summed E-state index contributed by atoms with van der Waals surface area (Å²) in [6.45, 7) is 5.90. The van der Waals surface area contributed by atoms with Crippen molar-refractivity contribution in [2.45, 2.75) is 39.5 Å². The van der Waals surface area contributed by atoms with E-state index in [9.17, 15) is 15.3 Å². The van der Waals surface area contributed by atoms with E-state index in [2.05, 4.69) is 30.9 Å². The minimum Gasteiger partial charge on any atom is -0.507 e. The molecule has 0 radical (unpaired) electrons. The molecule has 0 amide bonds. The minimum atomic E-state index is -0.577. The highest BCUT2D eigenvalue weighted by atomic mass is 35.5. The number of aromatic nitrogens is 5. The van der Waals surface area contributed by atoms with E-state index in [1.54, 1.807) is 11.6 Å². The van der Waals surface area contributed by atoms with E-state index in [0.29, 0.717) is 22.9 Å². The van der Waals surface area contributed by atoms with Crippen molar-refractivity contribution < 1.29 is 15.3 Å². The Balaban J connectivity index is 1.97. The molecule has 0 aliphatic heterocycles. The largest absolute Gasteiger partial charge is 0.507 e. The summed E-state index contributed by atoms with van der Waals surface area (Å²) in [5.41, 5.74) is 1.24. The molecule has 0 aliphatic carbocycles. The number of nitrogens with zero attached hydrogens (tertiary/aromatic N) is 5. The highest BCUT2D eigenvalue weighted by Crippen LogP contribution is 2.32. The van der Waals surface area contributed by atoms with Crippen LogP contribution < -0.4 is 10.6 Å². The number of aromatic hydroxyl groups is 2. The van der Waals surface area contributed by atoms with Crippen LogP contribution >= 0.6 is 11.6 Å². The van der Waals surface area contributed by atoms with Crippen LogP contribution in [0.5, 0.6) is 11.5 Å². The first-order valence-corrected chi connectivity index (χ1v) is 9.13. The predicted molar refractivity (Wildman–Crippen MR) is 106 cm³/mol. The van der Waals surface area contributed by atoms with E-state index < -0.39 is 6.10 Å². The van der Waals surface area contributed by atoms with Crippen molar-refractivity contribution in [1.29, 1.82) is 0 Å². The third kappa shape index (κ3) is 4.18. The molecule has 1 atom stereocenters. The standard InChI is InChI=1S/C17H22ClN7O3/c1-8(2)25-16-14(23-24-25)15(21-17(22-16)20-6-9(3)26)19-7-11-12(27)4-10(18)5-13(11)28/h4-5,8-9,26-28H,6-7H2,1-3H3,(H2,19,20,21,22). The molecule has 1 unspecified atom stereocenters. The van der Waals surface area contributed by atoms with Crippen LogP contribution in [0.25, 0.3) is 11.2 Å². The number of hydrogen-bond donors (Lipinski definition) is 5. The fourth-order valence-electron chi connectivity index (χ4n) is 2.58. The van der Waals surface area contributed by atoms with Gasteiger partial charge in [0, 0.05) is 18.1 Å². The zero-order valence-corrected chi connectivity index (χ0v) is 16.4. The van der Waals surface area contributed by atoms with Crippen LogP contribution in [0, 0.1) is 0 Å². The van der Waals surface area contributed by atoms with Crippen molar-refractivity contribution in [2.75, 3.05) is 17.2 Å². The molecular formula is C17H22ClN7O3. The van der Waals surface area contributed by atoms with Gasteiger partial charge in [0.05, 0.1) is 17.7 Å². The second kappa shape index (κ2) is 8.03. The number of rotatable bonds is 7. The van der Waals surface area contributed by atoms with Gasteiger partial charge >= 0.3 is 0 Å².